The summed E-state index contributed by atoms with van der Waals surface area (Å²) in [4.78, 5) is 37.4. The number of carbonyl (C=O) groups is 1. The quantitative estimate of drug-likeness (QED) is 0.424. The van der Waals surface area contributed by atoms with Crippen molar-refractivity contribution in [3.8, 4) is 0 Å². The van der Waals surface area contributed by atoms with Crippen molar-refractivity contribution in [3.63, 3.8) is 0 Å². The molecule has 0 atom stereocenters. The van der Waals surface area contributed by atoms with Gasteiger partial charge in [0.15, 0.2) is 0 Å². The third kappa shape index (κ3) is 4.02. The fraction of sp³-hybridized carbons (Fsp3) is 0.250. The molecule has 0 aliphatic carbocycles. The zero-order chi connectivity index (χ0) is 23.1. The van der Waals surface area contributed by atoms with Gasteiger partial charge in [-0.05, 0) is 36.8 Å². The van der Waals surface area contributed by atoms with E-state index in [-0.39, 0.29) is 11.5 Å². The summed E-state index contributed by atoms with van der Waals surface area (Å²) in [5.74, 6) is 0.413. The number of hydrogen-bond acceptors (Lipinski definition) is 7. The second-order valence-electron chi connectivity index (χ2n) is 8.14. The number of amides is 1. The molecule has 0 unspecified atom stereocenters. The molecule has 1 amide bonds. The molecular weight excluding hydrogens is 454 g/mol. The van der Waals surface area contributed by atoms with Gasteiger partial charge >= 0.3 is 0 Å². The summed E-state index contributed by atoms with van der Waals surface area (Å²) < 4.78 is 2.03. The van der Waals surface area contributed by atoms with Crippen molar-refractivity contribution in [1.29, 1.82) is 0 Å². The molecule has 2 aliphatic heterocycles. The zero-order valence-electron chi connectivity index (χ0n) is 18.4. The van der Waals surface area contributed by atoms with Crippen LogP contribution in [0.4, 0.5) is 11.5 Å². The first-order valence-electron chi connectivity index (χ1n) is 10.7. The number of rotatable bonds is 3. The Morgan fingerprint density at radius 3 is 2.36 bits per heavy atom. The average Bonchev–Trinajstić information content (AvgIpc) is 3.08. The Kier molecular flexibility index (Phi) is 5.67. The van der Waals surface area contributed by atoms with E-state index < -0.39 is 0 Å². The molecule has 2 saturated heterocycles. The molecule has 2 fully saturated rings. The van der Waals surface area contributed by atoms with Gasteiger partial charge in [-0.2, -0.15) is 0 Å². The Hall–Kier alpha value is -3.17. The van der Waals surface area contributed by atoms with Crippen molar-refractivity contribution in [2.24, 2.45) is 0 Å². The van der Waals surface area contributed by atoms with Crippen LogP contribution < -0.4 is 15.4 Å². The van der Waals surface area contributed by atoms with Gasteiger partial charge in [0.25, 0.3) is 11.5 Å². The number of thioether (sulfide) groups is 1. The lowest BCUT2D eigenvalue weighted by Crippen LogP contribution is -2.47. The van der Waals surface area contributed by atoms with Gasteiger partial charge in [-0.15, -0.1) is 0 Å². The number of nitrogens with zero attached hydrogens (tertiary/aromatic N) is 5. The topological polar surface area (TPSA) is 61.2 Å². The van der Waals surface area contributed by atoms with E-state index in [2.05, 4.69) is 21.9 Å². The fourth-order valence-electron chi connectivity index (χ4n) is 4.11. The molecule has 9 heteroatoms. The molecule has 2 aromatic heterocycles. The first-order valence-corrected chi connectivity index (χ1v) is 11.9. The number of pyridine rings is 1. The van der Waals surface area contributed by atoms with Gasteiger partial charge < -0.3 is 9.80 Å². The Morgan fingerprint density at radius 1 is 1.00 bits per heavy atom. The summed E-state index contributed by atoms with van der Waals surface area (Å²) in [7, 11) is 1.65. The summed E-state index contributed by atoms with van der Waals surface area (Å²) in [5, 5.41) is 0. The summed E-state index contributed by atoms with van der Waals surface area (Å²) in [6, 6.07) is 14.1. The predicted molar refractivity (Wildman–Crippen MR) is 138 cm³/mol. The number of benzene rings is 1. The molecule has 3 aromatic rings. The number of aromatic nitrogens is 2. The molecule has 168 valence electrons. The van der Waals surface area contributed by atoms with E-state index in [4.69, 9.17) is 17.2 Å². The number of piperazine rings is 1. The van der Waals surface area contributed by atoms with Crippen LogP contribution in [-0.2, 0) is 4.79 Å². The van der Waals surface area contributed by atoms with Crippen LogP contribution >= 0.6 is 24.0 Å². The lowest BCUT2D eigenvalue weighted by molar-refractivity contribution is -0.121. The molecule has 2 aliphatic rings. The van der Waals surface area contributed by atoms with Gasteiger partial charge in [-0.1, -0.05) is 48.2 Å². The largest absolute Gasteiger partial charge is 0.368 e. The number of carbonyl (C=O) groups excluding carboxylic acids is 1. The summed E-state index contributed by atoms with van der Waals surface area (Å²) >= 11 is 6.48. The van der Waals surface area contributed by atoms with Crippen LogP contribution in [0.1, 0.15) is 11.1 Å². The van der Waals surface area contributed by atoms with Crippen LogP contribution in [0.5, 0.6) is 0 Å². The van der Waals surface area contributed by atoms with Crippen molar-refractivity contribution in [3.05, 3.63) is 75.0 Å². The molecule has 0 bridgehead atoms. The van der Waals surface area contributed by atoms with Crippen molar-refractivity contribution in [1.82, 2.24) is 14.3 Å². The lowest BCUT2D eigenvalue weighted by Gasteiger charge is -2.37. The monoisotopic (exact) mass is 477 g/mol. The smallest absolute Gasteiger partial charge is 0.267 e. The van der Waals surface area contributed by atoms with Crippen molar-refractivity contribution < 1.29 is 4.79 Å². The van der Waals surface area contributed by atoms with Gasteiger partial charge in [0.05, 0.1) is 10.5 Å². The minimum Gasteiger partial charge on any atom is -0.368 e. The minimum absolute atomic E-state index is 0.189. The molecule has 0 N–H and O–H groups in total. The molecule has 33 heavy (non-hydrogen) atoms. The van der Waals surface area contributed by atoms with Gasteiger partial charge in [-0.25, -0.2) is 4.98 Å². The van der Waals surface area contributed by atoms with E-state index in [1.54, 1.807) is 23.7 Å². The highest BCUT2D eigenvalue weighted by Crippen LogP contribution is 2.32. The predicted octanol–water partition coefficient (Wildman–Crippen LogP) is 3.16. The average molecular weight is 478 g/mol. The molecule has 0 saturated carbocycles. The molecule has 5 rings (SSSR count). The number of thiocarbonyl (C=S) groups is 1. The van der Waals surface area contributed by atoms with Gasteiger partial charge in [0.2, 0.25) is 0 Å². The van der Waals surface area contributed by atoms with E-state index in [9.17, 15) is 9.59 Å². The second kappa shape index (κ2) is 8.64. The lowest BCUT2D eigenvalue weighted by atomic mass is 10.2. The van der Waals surface area contributed by atoms with Crippen molar-refractivity contribution >= 4 is 57.4 Å². The summed E-state index contributed by atoms with van der Waals surface area (Å²) in [6.07, 6.45) is 3.44. The van der Waals surface area contributed by atoms with Gasteiger partial charge in [-0.3, -0.25) is 18.9 Å². The van der Waals surface area contributed by atoms with Crippen LogP contribution in [0.15, 0.2) is 58.4 Å². The zero-order valence-corrected chi connectivity index (χ0v) is 20.0. The maximum atomic E-state index is 13.6. The van der Waals surface area contributed by atoms with E-state index in [1.165, 1.54) is 22.3 Å². The maximum Gasteiger partial charge on any atom is 0.267 e. The van der Waals surface area contributed by atoms with Crippen LogP contribution in [0, 0.1) is 6.92 Å². The molecule has 0 radical (unpaired) electrons. The van der Waals surface area contributed by atoms with Gasteiger partial charge in [0, 0.05) is 45.1 Å². The number of fused-ring (bicyclic) bond motifs is 1. The van der Waals surface area contributed by atoms with Crippen molar-refractivity contribution in [2.45, 2.75) is 6.92 Å². The summed E-state index contributed by atoms with van der Waals surface area (Å²) in [5.41, 5.74) is 2.96. The molecular formula is C24H23N5O2S2. The van der Waals surface area contributed by atoms with Gasteiger partial charge in [0.1, 0.15) is 15.8 Å². The Balaban J connectivity index is 1.56. The Bertz CT molecular complexity index is 1340. The number of aryl methyl sites for hydroxylation is 1. The SMILES string of the molecule is Cc1ccc2nc(N3CCN(c4ccccc4)CC3)c(/C=C3\SC(=S)N(C)C3=O)c(=O)n2c1. The third-order valence-electron chi connectivity index (χ3n) is 5.95. The fourth-order valence-corrected chi connectivity index (χ4v) is 5.27. The Labute approximate surface area is 201 Å². The molecule has 4 heterocycles. The standard InChI is InChI=1S/C24H23N5O2S2/c1-16-8-9-20-25-21(28-12-10-27(11-13-28)17-6-4-3-5-7-17)18(22(30)29(20)15-16)14-19-23(31)26(2)24(32)33-19/h3-9,14-15H,10-13H2,1-2H3/b19-14-. The first kappa shape index (κ1) is 21.7. The highest BCUT2D eigenvalue weighted by atomic mass is 32.2. The second-order valence-corrected chi connectivity index (χ2v) is 9.82. The first-order chi connectivity index (χ1) is 15.9. The maximum absolute atomic E-state index is 13.6. The molecule has 0 spiro atoms. The number of hydrogen-bond donors (Lipinski definition) is 0. The minimum atomic E-state index is -0.196. The highest BCUT2D eigenvalue weighted by molar-refractivity contribution is 8.26. The van der Waals surface area contributed by atoms with Crippen molar-refractivity contribution in [2.75, 3.05) is 43.0 Å². The van der Waals surface area contributed by atoms with E-state index >= 15 is 0 Å². The molecule has 1 aromatic carbocycles. The number of likely N-dealkylation sites (N-methyl/N-ethyl adjacent to an activating group) is 1. The highest BCUT2D eigenvalue weighted by Gasteiger charge is 2.30. The van der Waals surface area contributed by atoms with E-state index in [1.807, 2.05) is 37.3 Å². The third-order valence-corrected chi connectivity index (χ3v) is 7.43. The van der Waals surface area contributed by atoms with Crippen LogP contribution in [-0.4, -0.2) is 57.7 Å². The summed E-state index contributed by atoms with van der Waals surface area (Å²) in [6.45, 7) is 5.01. The normalized spacial score (nSPS) is 18.1. The van der Waals surface area contributed by atoms with Crippen LogP contribution in [0.3, 0.4) is 0 Å². The van der Waals surface area contributed by atoms with E-state index in [0.717, 1.165) is 31.7 Å². The Morgan fingerprint density at radius 2 is 1.70 bits per heavy atom. The number of para-hydroxylation sites is 1. The van der Waals surface area contributed by atoms with Crippen LogP contribution in [0.25, 0.3) is 11.7 Å². The van der Waals surface area contributed by atoms with Crippen LogP contribution in [0.2, 0.25) is 0 Å². The number of anilines is 2. The molecule has 7 nitrogen and oxygen atoms in total. The van der Waals surface area contributed by atoms with E-state index in [0.29, 0.717) is 26.3 Å².